The van der Waals surface area contributed by atoms with Crippen LogP contribution < -0.4 is 5.32 Å². The number of nitrogens with zero attached hydrogens (tertiary/aromatic N) is 1. The Kier molecular flexibility index (Phi) is 5.63. The van der Waals surface area contributed by atoms with Crippen molar-refractivity contribution in [1.82, 2.24) is 10.2 Å². The highest BCUT2D eigenvalue weighted by molar-refractivity contribution is 5.97. The number of nitrogens with one attached hydrogen (secondary N) is 1. The summed E-state index contributed by atoms with van der Waals surface area (Å²) in [7, 11) is 0. The summed E-state index contributed by atoms with van der Waals surface area (Å²) in [5.41, 5.74) is -0.739. The van der Waals surface area contributed by atoms with E-state index in [9.17, 15) is 9.59 Å². The lowest BCUT2D eigenvalue weighted by molar-refractivity contribution is -0.148. The summed E-state index contributed by atoms with van der Waals surface area (Å²) in [6, 6.07) is 0. The van der Waals surface area contributed by atoms with E-state index >= 15 is 0 Å². The quantitative estimate of drug-likeness (QED) is 0.707. The van der Waals surface area contributed by atoms with Crippen LogP contribution in [0.3, 0.4) is 0 Å². The van der Waals surface area contributed by atoms with Gasteiger partial charge >= 0.3 is 0 Å². The topological polar surface area (TPSA) is 49.4 Å². The zero-order valence-electron chi connectivity index (χ0n) is 11.9. The van der Waals surface area contributed by atoms with E-state index in [1.807, 2.05) is 0 Å². The minimum atomic E-state index is -0.739. The molecule has 0 spiro atoms. The fraction of sp³-hybridized carbons (Fsp3) is 0.857. The van der Waals surface area contributed by atoms with Gasteiger partial charge in [0.1, 0.15) is 5.54 Å². The Labute approximate surface area is 110 Å². The molecular weight excluding hydrogens is 228 g/mol. The number of carbonyl (C=O) groups is 2. The first-order chi connectivity index (χ1) is 8.47. The normalized spacial score (nSPS) is 18.9. The third kappa shape index (κ3) is 4.31. The molecule has 104 valence electrons. The number of carbonyl (C=O) groups excluding carboxylic acids is 2. The second-order valence-corrected chi connectivity index (χ2v) is 5.67. The van der Waals surface area contributed by atoms with Crippen molar-refractivity contribution < 1.29 is 9.59 Å². The van der Waals surface area contributed by atoms with Gasteiger partial charge in [0.25, 0.3) is 0 Å². The minimum absolute atomic E-state index is 0.0376. The van der Waals surface area contributed by atoms with Crippen molar-refractivity contribution in [3.8, 4) is 0 Å². The van der Waals surface area contributed by atoms with E-state index in [4.69, 9.17) is 0 Å². The lowest BCUT2D eigenvalue weighted by Gasteiger charge is -2.37. The van der Waals surface area contributed by atoms with Crippen molar-refractivity contribution in [1.29, 1.82) is 0 Å². The van der Waals surface area contributed by atoms with Gasteiger partial charge in [-0.2, -0.15) is 0 Å². The van der Waals surface area contributed by atoms with Gasteiger partial charge in [0.2, 0.25) is 11.8 Å². The second-order valence-electron chi connectivity index (χ2n) is 5.67. The van der Waals surface area contributed by atoms with Crippen molar-refractivity contribution in [3.05, 3.63) is 0 Å². The molecule has 0 aliphatic carbocycles. The highest BCUT2D eigenvalue weighted by atomic mass is 16.2. The maximum Gasteiger partial charge on any atom is 0.248 e. The summed E-state index contributed by atoms with van der Waals surface area (Å²) in [5.74, 6) is -0.0127. The van der Waals surface area contributed by atoms with Crippen LogP contribution in [-0.4, -0.2) is 35.3 Å². The first-order valence-corrected chi connectivity index (χ1v) is 7.07. The fourth-order valence-corrected chi connectivity index (χ4v) is 2.35. The third-order valence-corrected chi connectivity index (χ3v) is 3.39. The molecule has 1 rings (SSSR count). The van der Waals surface area contributed by atoms with Crippen molar-refractivity contribution in [2.75, 3.05) is 13.1 Å². The number of unbranched alkanes of at least 4 members (excludes halogenated alkanes) is 5. The van der Waals surface area contributed by atoms with Crippen LogP contribution >= 0.6 is 0 Å². The van der Waals surface area contributed by atoms with Crippen molar-refractivity contribution in [3.63, 3.8) is 0 Å². The molecular formula is C14H26N2O2. The predicted molar refractivity (Wildman–Crippen MR) is 72.2 cm³/mol. The summed E-state index contributed by atoms with van der Waals surface area (Å²) in [4.78, 5) is 25.3. The van der Waals surface area contributed by atoms with Crippen LogP contribution in [0.15, 0.2) is 0 Å². The number of rotatable bonds is 7. The molecule has 4 heteroatoms. The molecule has 2 amide bonds. The van der Waals surface area contributed by atoms with Gasteiger partial charge < -0.3 is 10.2 Å². The molecule has 4 nitrogen and oxygen atoms in total. The summed E-state index contributed by atoms with van der Waals surface area (Å²) in [6.07, 6.45) is 7.18. The molecule has 18 heavy (non-hydrogen) atoms. The van der Waals surface area contributed by atoms with Gasteiger partial charge in [-0.3, -0.25) is 9.59 Å². The molecule has 0 aromatic rings. The van der Waals surface area contributed by atoms with E-state index in [-0.39, 0.29) is 18.4 Å². The first kappa shape index (κ1) is 15.0. The Balaban J connectivity index is 2.28. The highest BCUT2D eigenvalue weighted by Crippen LogP contribution is 2.14. The van der Waals surface area contributed by atoms with E-state index in [1.54, 1.807) is 18.7 Å². The molecule has 0 aromatic heterocycles. The van der Waals surface area contributed by atoms with Crippen molar-refractivity contribution >= 4 is 11.8 Å². The molecule has 0 bridgehead atoms. The number of amides is 2. The van der Waals surface area contributed by atoms with Gasteiger partial charge in [0, 0.05) is 6.54 Å². The molecule has 1 fully saturated rings. The van der Waals surface area contributed by atoms with E-state index in [0.29, 0.717) is 6.54 Å². The first-order valence-electron chi connectivity index (χ1n) is 7.07. The molecule has 1 aliphatic heterocycles. The third-order valence-electron chi connectivity index (χ3n) is 3.39. The monoisotopic (exact) mass is 254 g/mol. The molecule has 0 radical (unpaired) electrons. The van der Waals surface area contributed by atoms with Crippen LogP contribution in [0.2, 0.25) is 0 Å². The van der Waals surface area contributed by atoms with Gasteiger partial charge in [-0.25, -0.2) is 0 Å². The lowest BCUT2D eigenvalue weighted by atomic mass is 10.00. The predicted octanol–water partition coefficient (Wildman–Crippen LogP) is 2.08. The standard InChI is InChI=1S/C14H26N2O2/c1-4-5-6-7-8-9-10-16-11-12(17)15-14(2,3)13(16)18/h4-11H2,1-3H3,(H,15,17). The van der Waals surface area contributed by atoms with Crippen LogP contribution in [0.25, 0.3) is 0 Å². The zero-order chi connectivity index (χ0) is 13.6. The van der Waals surface area contributed by atoms with Crippen molar-refractivity contribution in [2.24, 2.45) is 0 Å². The Morgan fingerprint density at radius 3 is 2.39 bits per heavy atom. The minimum Gasteiger partial charge on any atom is -0.341 e. The largest absolute Gasteiger partial charge is 0.341 e. The van der Waals surface area contributed by atoms with Gasteiger partial charge in [0.15, 0.2) is 0 Å². The van der Waals surface area contributed by atoms with Gasteiger partial charge in [-0.05, 0) is 20.3 Å². The van der Waals surface area contributed by atoms with Gasteiger partial charge in [-0.1, -0.05) is 39.0 Å². The Morgan fingerprint density at radius 1 is 1.11 bits per heavy atom. The van der Waals surface area contributed by atoms with Gasteiger partial charge in [-0.15, -0.1) is 0 Å². The molecule has 1 N–H and O–H groups in total. The summed E-state index contributed by atoms with van der Waals surface area (Å²) in [5, 5.41) is 2.72. The molecule has 1 saturated heterocycles. The molecule has 0 atom stereocenters. The number of hydrogen-bond acceptors (Lipinski definition) is 2. The van der Waals surface area contributed by atoms with Crippen LogP contribution in [-0.2, 0) is 9.59 Å². The van der Waals surface area contributed by atoms with Crippen LogP contribution in [0.1, 0.15) is 59.3 Å². The Bertz CT molecular complexity index is 300. The van der Waals surface area contributed by atoms with Crippen LogP contribution in [0, 0.1) is 0 Å². The van der Waals surface area contributed by atoms with Crippen LogP contribution in [0.4, 0.5) is 0 Å². The van der Waals surface area contributed by atoms with E-state index in [0.717, 1.165) is 12.8 Å². The number of hydrogen-bond donors (Lipinski definition) is 1. The summed E-state index contributed by atoms with van der Waals surface area (Å²) in [6.45, 7) is 6.66. The van der Waals surface area contributed by atoms with Crippen LogP contribution in [0.5, 0.6) is 0 Å². The fourth-order valence-electron chi connectivity index (χ4n) is 2.35. The maximum atomic E-state index is 12.1. The SMILES string of the molecule is CCCCCCCCN1CC(=O)NC(C)(C)C1=O. The van der Waals surface area contributed by atoms with E-state index < -0.39 is 5.54 Å². The second kappa shape index (κ2) is 6.76. The molecule has 1 aliphatic rings. The summed E-state index contributed by atoms with van der Waals surface area (Å²) >= 11 is 0. The molecule has 0 saturated carbocycles. The average Bonchev–Trinajstić information content (AvgIpc) is 2.29. The smallest absolute Gasteiger partial charge is 0.248 e. The van der Waals surface area contributed by atoms with E-state index in [1.165, 1.54) is 25.7 Å². The highest BCUT2D eigenvalue weighted by Gasteiger charge is 2.38. The van der Waals surface area contributed by atoms with Gasteiger partial charge in [0.05, 0.1) is 6.54 Å². The Morgan fingerprint density at radius 2 is 1.72 bits per heavy atom. The zero-order valence-corrected chi connectivity index (χ0v) is 11.9. The average molecular weight is 254 g/mol. The number of piperazine rings is 1. The van der Waals surface area contributed by atoms with Crippen molar-refractivity contribution in [2.45, 2.75) is 64.8 Å². The Hall–Kier alpha value is -1.06. The lowest BCUT2D eigenvalue weighted by Crippen LogP contribution is -2.63. The maximum absolute atomic E-state index is 12.1. The summed E-state index contributed by atoms with van der Waals surface area (Å²) < 4.78 is 0. The molecule has 1 heterocycles. The van der Waals surface area contributed by atoms with E-state index in [2.05, 4.69) is 12.2 Å². The molecule has 0 unspecified atom stereocenters. The molecule has 0 aromatic carbocycles.